The van der Waals surface area contributed by atoms with Crippen LogP contribution in [0.15, 0.2) is 66.2 Å². The molecule has 0 N–H and O–H groups in total. The first-order chi connectivity index (χ1) is 11.8. The van der Waals surface area contributed by atoms with E-state index in [2.05, 4.69) is 20.1 Å². The predicted molar refractivity (Wildman–Crippen MR) is 90.2 cm³/mol. The lowest BCUT2D eigenvalue weighted by molar-refractivity contribution is 0.213. The van der Waals surface area contributed by atoms with Crippen LogP contribution in [-0.4, -0.2) is 27.8 Å². The molecular weight excluding hydrogens is 304 g/mol. The zero-order valence-electron chi connectivity index (χ0n) is 13.4. The van der Waals surface area contributed by atoms with Crippen molar-refractivity contribution in [3.63, 3.8) is 0 Å². The minimum atomic E-state index is 0.465. The van der Waals surface area contributed by atoms with Gasteiger partial charge in [0.25, 0.3) is 0 Å². The zero-order valence-corrected chi connectivity index (χ0v) is 13.4. The number of benzene rings is 1. The third-order valence-electron chi connectivity index (χ3n) is 3.23. The third kappa shape index (κ3) is 3.55. The SMILES string of the molecule is CON=C(c1ccccn1)c1ccccc1Oc1cc(C)ncn1. The Labute approximate surface area is 139 Å². The molecule has 0 fully saturated rings. The fourth-order valence-electron chi connectivity index (χ4n) is 2.18. The standard InChI is InChI=1S/C18H16N4O2/c1-13-11-17(21-12-20-13)24-16-9-4-3-7-14(16)18(22-23-2)15-8-5-6-10-19-15/h3-12H,1-2H3. The largest absolute Gasteiger partial charge is 0.438 e. The van der Waals surface area contributed by atoms with Crippen molar-refractivity contribution in [3.8, 4) is 11.6 Å². The quantitative estimate of drug-likeness (QED) is 0.532. The molecule has 120 valence electrons. The van der Waals surface area contributed by atoms with E-state index in [9.17, 15) is 0 Å². The second kappa shape index (κ2) is 7.32. The number of nitrogens with zero attached hydrogens (tertiary/aromatic N) is 4. The number of para-hydroxylation sites is 1. The Bertz CT molecular complexity index is 850. The van der Waals surface area contributed by atoms with Crippen molar-refractivity contribution in [3.05, 3.63) is 78.0 Å². The second-order valence-electron chi connectivity index (χ2n) is 4.93. The highest BCUT2D eigenvalue weighted by atomic mass is 16.6. The van der Waals surface area contributed by atoms with Crippen LogP contribution < -0.4 is 4.74 Å². The van der Waals surface area contributed by atoms with Crippen LogP contribution in [-0.2, 0) is 4.84 Å². The molecule has 2 heterocycles. The van der Waals surface area contributed by atoms with Gasteiger partial charge in [-0.3, -0.25) is 4.98 Å². The average Bonchev–Trinajstić information content (AvgIpc) is 2.61. The van der Waals surface area contributed by atoms with E-state index in [1.807, 2.05) is 49.4 Å². The number of rotatable bonds is 5. The van der Waals surface area contributed by atoms with Gasteiger partial charge >= 0.3 is 0 Å². The summed E-state index contributed by atoms with van der Waals surface area (Å²) in [5.41, 5.74) is 2.86. The molecule has 0 bridgehead atoms. The summed E-state index contributed by atoms with van der Waals surface area (Å²) in [4.78, 5) is 17.6. The predicted octanol–water partition coefficient (Wildman–Crippen LogP) is 3.37. The van der Waals surface area contributed by atoms with Crippen LogP contribution in [0.4, 0.5) is 0 Å². The van der Waals surface area contributed by atoms with Gasteiger partial charge in [-0.25, -0.2) is 9.97 Å². The Morgan fingerprint density at radius 1 is 1.00 bits per heavy atom. The van der Waals surface area contributed by atoms with E-state index in [4.69, 9.17) is 9.57 Å². The molecule has 1 aromatic carbocycles. The van der Waals surface area contributed by atoms with E-state index in [1.165, 1.54) is 13.4 Å². The van der Waals surface area contributed by atoms with Crippen molar-refractivity contribution in [1.82, 2.24) is 15.0 Å². The summed E-state index contributed by atoms with van der Waals surface area (Å²) in [7, 11) is 1.50. The lowest BCUT2D eigenvalue weighted by Gasteiger charge is -2.12. The molecule has 2 aromatic heterocycles. The Hall–Kier alpha value is -3.28. The average molecular weight is 320 g/mol. The minimum Gasteiger partial charge on any atom is -0.438 e. The van der Waals surface area contributed by atoms with Gasteiger partial charge in [0.15, 0.2) is 0 Å². The molecule has 0 saturated heterocycles. The van der Waals surface area contributed by atoms with Crippen LogP contribution in [0.5, 0.6) is 11.6 Å². The maximum absolute atomic E-state index is 5.92. The lowest BCUT2D eigenvalue weighted by Crippen LogP contribution is -2.08. The fraction of sp³-hybridized carbons (Fsp3) is 0.111. The third-order valence-corrected chi connectivity index (χ3v) is 3.23. The fourth-order valence-corrected chi connectivity index (χ4v) is 2.18. The van der Waals surface area contributed by atoms with Crippen LogP contribution in [0.25, 0.3) is 0 Å². The van der Waals surface area contributed by atoms with Crippen molar-refractivity contribution in [2.45, 2.75) is 6.92 Å². The molecule has 0 aliphatic carbocycles. The molecule has 0 amide bonds. The summed E-state index contributed by atoms with van der Waals surface area (Å²) in [6.07, 6.45) is 3.17. The molecule has 0 aliphatic rings. The summed E-state index contributed by atoms with van der Waals surface area (Å²) in [6.45, 7) is 1.88. The van der Waals surface area contributed by atoms with Crippen LogP contribution in [0.2, 0.25) is 0 Å². The molecule has 6 nitrogen and oxygen atoms in total. The number of hydrogen-bond donors (Lipinski definition) is 0. The molecule has 0 unspecified atom stereocenters. The first kappa shape index (κ1) is 15.6. The Morgan fingerprint density at radius 3 is 2.58 bits per heavy atom. The van der Waals surface area contributed by atoms with Gasteiger partial charge in [0.1, 0.15) is 24.9 Å². The normalized spacial score (nSPS) is 11.2. The zero-order chi connectivity index (χ0) is 16.8. The Balaban J connectivity index is 2.03. The number of ether oxygens (including phenoxy) is 1. The van der Waals surface area contributed by atoms with Crippen molar-refractivity contribution in [1.29, 1.82) is 0 Å². The van der Waals surface area contributed by atoms with Gasteiger partial charge in [-0.1, -0.05) is 23.4 Å². The molecule has 0 radical (unpaired) electrons. The van der Waals surface area contributed by atoms with Crippen LogP contribution in [0, 0.1) is 6.92 Å². The van der Waals surface area contributed by atoms with E-state index in [1.54, 1.807) is 12.3 Å². The van der Waals surface area contributed by atoms with Crippen molar-refractivity contribution >= 4 is 5.71 Å². The molecule has 0 aliphatic heterocycles. The summed E-state index contributed by atoms with van der Waals surface area (Å²) < 4.78 is 5.92. The van der Waals surface area contributed by atoms with Gasteiger partial charge in [-0.2, -0.15) is 0 Å². The number of pyridine rings is 1. The summed E-state index contributed by atoms with van der Waals surface area (Å²) in [5, 5.41) is 4.13. The topological polar surface area (TPSA) is 69.5 Å². The van der Waals surface area contributed by atoms with Crippen molar-refractivity contribution in [2.75, 3.05) is 7.11 Å². The number of aryl methyl sites for hydroxylation is 1. The number of hydrogen-bond acceptors (Lipinski definition) is 6. The van der Waals surface area contributed by atoms with Gasteiger partial charge < -0.3 is 9.57 Å². The Morgan fingerprint density at radius 2 is 1.83 bits per heavy atom. The van der Waals surface area contributed by atoms with E-state index in [0.717, 1.165) is 11.3 Å². The lowest BCUT2D eigenvalue weighted by atomic mass is 10.1. The highest BCUT2D eigenvalue weighted by Crippen LogP contribution is 2.26. The summed E-state index contributed by atoms with van der Waals surface area (Å²) >= 11 is 0. The van der Waals surface area contributed by atoms with Gasteiger partial charge in [-0.15, -0.1) is 0 Å². The summed E-state index contributed by atoms with van der Waals surface area (Å²) in [5.74, 6) is 1.07. The van der Waals surface area contributed by atoms with Gasteiger partial charge in [0.05, 0.1) is 5.69 Å². The van der Waals surface area contributed by atoms with E-state index in [-0.39, 0.29) is 0 Å². The van der Waals surface area contributed by atoms with Crippen LogP contribution >= 0.6 is 0 Å². The number of aromatic nitrogens is 3. The summed E-state index contributed by atoms with van der Waals surface area (Å²) in [6, 6.07) is 14.9. The first-order valence-corrected chi connectivity index (χ1v) is 7.36. The van der Waals surface area contributed by atoms with Gasteiger partial charge in [0, 0.05) is 23.5 Å². The Kier molecular flexibility index (Phi) is 4.76. The van der Waals surface area contributed by atoms with Crippen molar-refractivity contribution in [2.24, 2.45) is 5.16 Å². The molecule has 0 spiro atoms. The molecule has 3 aromatic rings. The van der Waals surface area contributed by atoms with Crippen LogP contribution in [0.3, 0.4) is 0 Å². The highest BCUT2D eigenvalue weighted by Gasteiger charge is 2.15. The van der Waals surface area contributed by atoms with Gasteiger partial charge in [-0.05, 0) is 31.2 Å². The van der Waals surface area contributed by atoms with E-state index < -0.39 is 0 Å². The number of oxime groups is 1. The maximum atomic E-state index is 5.92. The van der Waals surface area contributed by atoms with E-state index in [0.29, 0.717) is 23.0 Å². The van der Waals surface area contributed by atoms with Crippen LogP contribution in [0.1, 0.15) is 17.0 Å². The minimum absolute atomic E-state index is 0.465. The molecule has 0 atom stereocenters. The molecular formula is C18H16N4O2. The van der Waals surface area contributed by atoms with Crippen molar-refractivity contribution < 1.29 is 9.57 Å². The van der Waals surface area contributed by atoms with Gasteiger partial charge in [0.2, 0.25) is 5.88 Å². The second-order valence-corrected chi connectivity index (χ2v) is 4.93. The molecule has 0 saturated carbocycles. The molecule has 24 heavy (non-hydrogen) atoms. The maximum Gasteiger partial charge on any atom is 0.222 e. The highest BCUT2D eigenvalue weighted by molar-refractivity contribution is 6.13. The first-order valence-electron chi connectivity index (χ1n) is 7.36. The smallest absolute Gasteiger partial charge is 0.222 e. The van der Waals surface area contributed by atoms with E-state index >= 15 is 0 Å². The monoisotopic (exact) mass is 320 g/mol. The molecule has 3 rings (SSSR count). The molecule has 6 heteroatoms.